The summed E-state index contributed by atoms with van der Waals surface area (Å²) in [6.07, 6.45) is 2.66. The van der Waals surface area contributed by atoms with Gasteiger partial charge in [0.25, 0.3) is 5.91 Å². The number of ether oxygens (including phenoxy) is 3. The molecule has 2 aromatic carbocycles. The van der Waals surface area contributed by atoms with Crippen LogP contribution in [0.15, 0.2) is 41.3 Å². The number of benzene rings is 2. The number of carbonyl (C=O) groups excluding carboxylic acids is 1. The van der Waals surface area contributed by atoms with Crippen molar-refractivity contribution in [1.82, 2.24) is 9.62 Å². The minimum atomic E-state index is -3.75. The molecule has 0 saturated carbocycles. The molecule has 32 heavy (non-hydrogen) atoms. The standard InChI is InChI=1S/C23H30N2O6S/c1-16(17-14-19(29-2)22(31-4)20(15-17)30-3)24-23(26)18-10-6-7-11-21(18)32(27,28)25-12-8-5-9-13-25/h6-7,10-11,14-16H,5,8-9,12-13H2,1-4H3,(H,24,26). The second kappa shape index (κ2) is 10.2. The van der Waals surface area contributed by atoms with Crippen molar-refractivity contribution in [1.29, 1.82) is 0 Å². The van der Waals surface area contributed by atoms with Gasteiger partial charge in [-0.05, 0) is 49.6 Å². The quantitative estimate of drug-likeness (QED) is 0.646. The number of nitrogens with one attached hydrogen (secondary N) is 1. The molecule has 1 aliphatic heterocycles. The van der Waals surface area contributed by atoms with Crippen molar-refractivity contribution < 1.29 is 27.4 Å². The van der Waals surface area contributed by atoms with Gasteiger partial charge in [0.15, 0.2) is 11.5 Å². The van der Waals surface area contributed by atoms with E-state index in [9.17, 15) is 13.2 Å². The highest BCUT2D eigenvalue weighted by molar-refractivity contribution is 7.89. The summed E-state index contributed by atoms with van der Waals surface area (Å²) in [6, 6.07) is 9.38. The first-order chi connectivity index (χ1) is 15.3. The highest BCUT2D eigenvalue weighted by atomic mass is 32.2. The van der Waals surface area contributed by atoms with Crippen molar-refractivity contribution in [2.45, 2.75) is 37.1 Å². The zero-order valence-electron chi connectivity index (χ0n) is 18.9. The number of carbonyl (C=O) groups is 1. The number of methoxy groups -OCH3 is 3. The molecule has 0 radical (unpaired) electrons. The van der Waals surface area contributed by atoms with Crippen LogP contribution in [0.2, 0.25) is 0 Å². The molecule has 1 N–H and O–H groups in total. The molecule has 0 spiro atoms. The van der Waals surface area contributed by atoms with E-state index < -0.39 is 22.0 Å². The third-order valence-corrected chi connectivity index (χ3v) is 7.56. The van der Waals surface area contributed by atoms with Gasteiger partial charge in [-0.3, -0.25) is 4.79 Å². The Balaban J connectivity index is 1.89. The monoisotopic (exact) mass is 462 g/mol. The van der Waals surface area contributed by atoms with Crippen LogP contribution >= 0.6 is 0 Å². The first-order valence-electron chi connectivity index (χ1n) is 10.5. The van der Waals surface area contributed by atoms with E-state index in [1.54, 1.807) is 31.2 Å². The Labute approximate surface area is 189 Å². The Morgan fingerprint density at radius 2 is 1.56 bits per heavy atom. The van der Waals surface area contributed by atoms with E-state index in [2.05, 4.69) is 5.32 Å². The molecule has 1 amide bonds. The Morgan fingerprint density at radius 1 is 0.969 bits per heavy atom. The smallest absolute Gasteiger partial charge is 0.253 e. The zero-order valence-corrected chi connectivity index (χ0v) is 19.7. The molecule has 8 nitrogen and oxygen atoms in total. The van der Waals surface area contributed by atoms with Crippen molar-refractivity contribution in [2.24, 2.45) is 0 Å². The molecule has 1 atom stereocenters. The summed E-state index contributed by atoms with van der Waals surface area (Å²) in [5.74, 6) is 0.921. The van der Waals surface area contributed by atoms with Crippen molar-refractivity contribution in [2.75, 3.05) is 34.4 Å². The van der Waals surface area contributed by atoms with Gasteiger partial charge in [0.1, 0.15) is 0 Å². The Kier molecular flexibility index (Phi) is 7.63. The lowest BCUT2D eigenvalue weighted by atomic mass is 10.1. The molecule has 1 heterocycles. The van der Waals surface area contributed by atoms with Crippen molar-refractivity contribution in [3.05, 3.63) is 47.5 Å². The predicted molar refractivity (Wildman–Crippen MR) is 121 cm³/mol. The van der Waals surface area contributed by atoms with Gasteiger partial charge in [-0.15, -0.1) is 0 Å². The summed E-state index contributed by atoms with van der Waals surface area (Å²) in [6.45, 7) is 2.75. The van der Waals surface area contributed by atoms with E-state index in [0.717, 1.165) is 24.8 Å². The van der Waals surface area contributed by atoms with Gasteiger partial charge in [0, 0.05) is 13.1 Å². The molecular formula is C23H30N2O6S. The van der Waals surface area contributed by atoms with E-state index >= 15 is 0 Å². The maximum Gasteiger partial charge on any atom is 0.253 e. The lowest BCUT2D eigenvalue weighted by molar-refractivity contribution is 0.0936. The maximum absolute atomic E-state index is 13.2. The molecule has 1 fully saturated rings. The van der Waals surface area contributed by atoms with Crippen LogP contribution in [0.4, 0.5) is 0 Å². The summed E-state index contributed by atoms with van der Waals surface area (Å²) in [4.78, 5) is 13.2. The first kappa shape index (κ1) is 23.9. The number of hydrogen-bond acceptors (Lipinski definition) is 6. The second-order valence-corrected chi connectivity index (χ2v) is 9.52. The Hall–Kier alpha value is -2.78. The van der Waals surface area contributed by atoms with Crippen LogP contribution in [0.3, 0.4) is 0 Å². The van der Waals surface area contributed by atoms with Crippen LogP contribution in [0.5, 0.6) is 17.2 Å². The van der Waals surface area contributed by atoms with Gasteiger partial charge in [0.2, 0.25) is 15.8 Å². The molecule has 0 aromatic heterocycles. The van der Waals surface area contributed by atoms with Gasteiger partial charge >= 0.3 is 0 Å². The first-order valence-corrected chi connectivity index (χ1v) is 12.0. The van der Waals surface area contributed by atoms with Gasteiger partial charge in [-0.2, -0.15) is 4.31 Å². The number of nitrogens with zero attached hydrogens (tertiary/aromatic N) is 1. The summed E-state index contributed by atoms with van der Waals surface area (Å²) in [5.41, 5.74) is 0.849. The van der Waals surface area contributed by atoms with Gasteiger partial charge in [0.05, 0.1) is 37.8 Å². The summed E-state index contributed by atoms with van der Waals surface area (Å²) >= 11 is 0. The molecule has 1 unspecified atom stereocenters. The summed E-state index contributed by atoms with van der Waals surface area (Å²) < 4.78 is 44.0. The molecule has 0 bridgehead atoms. The highest BCUT2D eigenvalue weighted by Gasteiger charge is 2.30. The van der Waals surface area contributed by atoms with Crippen LogP contribution in [0.25, 0.3) is 0 Å². The van der Waals surface area contributed by atoms with E-state index in [-0.39, 0.29) is 10.5 Å². The Morgan fingerprint density at radius 3 is 2.12 bits per heavy atom. The molecule has 1 saturated heterocycles. The van der Waals surface area contributed by atoms with Crippen LogP contribution < -0.4 is 19.5 Å². The number of amides is 1. The summed E-state index contributed by atoms with van der Waals surface area (Å²) in [7, 11) is 0.806. The summed E-state index contributed by atoms with van der Waals surface area (Å²) in [5, 5.41) is 2.89. The van der Waals surface area contributed by atoms with E-state index in [1.165, 1.54) is 37.8 Å². The van der Waals surface area contributed by atoms with E-state index in [0.29, 0.717) is 30.3 Å². The molecule has 1 aliphatic rings. The van der Waals surface area contributed by atoms with Gasteiger partial charge in [-0.25, -0.2) is 8.42 Å². The van der Waals surface area contributed by atoms with E-state index in [4.69, 9.17) is 14.2 Å². The minimum Gasteiger partial charge on any atom is -0.493 e. The average molecular weight is 463 g/mol. The van der Waals surface area contributed by atoms with Crippen molar-refractivity contribution in [3.8, 4) is 17.2 Å². The lowest BCUT2D eigenvalue weighted by Gasteiger charge is -2.27. The second-order valence-electron chi connectivity index (χ2n) is 7.61. The van der Waals surface area contributed by atoms with E-state index in [1.807, 2.05) is 0 Å². The van der Waals surface area contributed by atoms with Gasteiger partial charge in [-0.1, -0.05) is 18.6 Å². The highest BCUT2D eigenvalue weighted by Crippen LogP contribution is 2.39. The topological polar surface area (TPSA) is 94.2 Å². The fourth-order valence-corrected chi connectivity index (χ4v) is 5.54. The number of sulfonamides is 1. The number of hydrogen-bond donors (Lipinski definition) is 1. The number of rotatable bonds is 8. The van der Waals surface area contributed by atoms with Crippen molar-refractivity contribution >= 4 is 15.9 Å². The maximum atomic E-state index is 13.2. The normalized spacial score (nSPS) is 15.6. The van der Waals surface area contributed by atoms with Gasteiger partial charge < -0.3 is 19.5 Å². The molecular weight excluding hydrogens is 432 g/mol. The fraction of sp³-hybridized carbons (Fsp3) is 0.435. The average Bonchev–Trinajstić information content (AvgIpc) is 2.83. The SMILES string of the molecule is COc1cc(C(C)NC(=O)c2ccccc2S(=O)(=O)N2CCCCC2)cc(OC)c1OC. The zero-order chi connectivity index (χ0) is 23.3. The minimum absolute atomic E-state index is 0.0245. The largest absolute Gasteiger partial charge is 0.493 e. The predicted octanol–water partition coefficient (Wildman–Crippen LogP) is 3.38. The molecule has 3 rings (SSSR count). The third kappa shape index (κ3) is 4.83. The lowest BCUT2D eigenvalue weighted by Crippen LogP contribution is -2.37. The Bertz CT molecular complexity index is 1040. The molecule has 0 aliphatic carbocycles. The van der Waals surface area contributed by atoms with Crippen LogP contribution in [-0.4, -0.2) is 53.0 Å². The fourth-order valence-electron chi connectivity index (χ4n) is 3.83. The molecule has 174 valence electrons. The third-order valence-electron chi connectivity index (χ3n) is 5.60. The van der Waals surface area contributed by atoms with Crippen molar-refractivity contribution in [3.63, 3.8) is 0 Å². The van der Waals surface area contributed by atoms with Crippen LogP contribution in [0.1, 0.15) is 48.1 Å². The molecule has 2 aromatic rings. The molecule has 9 heteroatoms. The van der Waals surface area contributed by atoms with Crippen LogP contribution in [0, 0.1) is 0 Å². The van der Waals surface area contributed by atoms with Crippen LogP contribution in [-0.2, 0) is 10.0 Å². The number of piperidine rings is 1.